The highest BCUT2D eigenvalue weighted by Crippen LogP contribution is 2.26. The van der Waals surface area contributed by atoms with Crippen molar-refractivity contribution < 1.29 is 9.53 Å². The molecule has 2 heterocycles. The summed E-state index contributed by atoms with van der Waals surface area (Å²) in [4.78, 5) is 21.5. The lowest BCUT2D eigenvalue weighted by molar-refractivity contribution is 0.102. The highest BCUT2D eigenvalue weighted by Gasteiger charge is 2.14. The van der Waals surface area contributed by atoms with Crippen molar-refractivity contribution in [3.63, 3.8) is 0 Å². The van der Waals surface area contributed by atoms with Gasteiger partial charge in [0.2, 0.25) is 0 Å². The maximum absolute atomic E-state index is 12.6. The number of imidazole rings is 1. The fourth-order valence-corrected chi connectivity index (χ4v) is 3.06. The van der Waals surface area contributed by atoms with Crippen LogP contribution in [0.25, 0.3) is 22.4 Å². The second-order valence-corrected chi connectivity index (χ2v) is 6.09. The number of rotatable bonds is 4. The van der Waals surface area contributed by atoms with Gasteiger partial charge in [-0.15, -0.1) is 0 Å². The Morgan fingerprint density at radius 3 is 2.74 bits per heavy atom. The number of pyridine rings is 1. The first-order chi connectivity index (χ1) is 13.2. The Balaban J connectivity index is 1.67. The summed E-state index contributed by atoms with van der Waals surface area (Å²) in [6.45, 7) is 0. The number of nitrogens with zero attached hydrogens (tertiary/aromatic N) is 3. The topological polar surface area (TPSA) is 69.0 Å². The SMILES string of the molecule is COc1ccccc1C(=O)Nc1ccc2c(c1)nc(-c1cccnc1)n2C. The fourth-order valence-electron chi connectivity index (χ4n) is 3.06. The van der Waals surface area contributed by atoms with Gasteiger partial charge in [0, 0.05) is 30.7 Å². The van der Waals surface area contributed by atoms with E-state index >= 15 is 0 Å². The van der Waals surface area contributed by atoms with Crippen LogP contribution in [0, 0.1) is 0 Å². The molecule has 6 heteroatoms. The average Bonchev–Trinajstić information content (AvgIpc) is 3.04. The first-order valence-electron chi connectivity index (χ1n) is 8.48. The number of ether oxygens (including phenoxy) is 1. The Hall–Kier alpha value is -3.67. The number of para-hydroxylation sites is 1. The largest absolute Gasteiger partial charge is 0.496 e. The lowest BCUT2D eigenvalue weighted by atomic mass is 10.2. The lowest BCUT2D eigenvalue weighted by Crippen LogP contribution is -2.13. The number of carbonyl (C=O) groups excluding carboxylic acids is 1. The normalized spacial score (nSPS) is 10.7. The summed E-state index contributed by atoms with van der Waals surface area (Å²) in [7, 11) is 3.51. The number of nitrogens with one attached hydrogen (secondary N) is 1. The molecule has 2 aromatic heterocycles. The monoisotopic (exact) mass is 358 g/mol. The zero-order chi connectivity index (χ0) is 18.8. The average molecular weight is 358 g/mol. The predicted octanol–water partition coefficient (Wildman–Crippen LogP) is 3.90. The molecule has 0 saturated carbocycles. The minimum atomic E-state index is -0.227. The smallest absolute Gasteiger partial charge is 0.259 e. The molecule has 0 bridgehead atoms. The maximum Gasteiger partial charge on any atom is 0.259 e. The van der Waals surface area contributed by atoms with Crippen LogP contribution >= 0.6 is 0 Å². The van der Waals surface area contributed by atoms with Crippen molar-refractivity contribution in [3.8, 4) is 17.1 Å². The van der Waals surface area contributed by atoms with E-state index in [4.69, 9.17) is 9.72 Å². The van der Waals surface area contributed by atoms with Crippen LogP contribution < -0.4 is 10.1 Å². The Kier molecular flexibility index (Phi) is 4.30. The first kappa shape index (κ1) is 16.8. The van der Waals surface area contributed by atoms with Crippen molar-refractivity contribution in [2.24, 2.45) is 7.05 Å². The summed E-state index contributed by atoms with van der Waals surface area (Å²) in [6.07, 6.45) is 3.52. The summed E-state index contributed by atoms with van der Waals surface area (Å²) < 4.78 is 7.27. The van der Waals surface area contributed by atoms with E-state index in [0.717, 1.165) is 22.4 Å². The van der Waals surface area contributed by atoms with Gasteiger partial charge in [-0.2, -0.15) is 0 Å². The molecule has 0 fully saturated rings. The molecule has 1 N–H and O–H groups in total. The number of aryl methyl sites for hydroxylation is 1. The van der Waals surface area contributed by atoms with Crippen LogP contribution in [0.4, 0.5) is 5.69 Å². The fraction of sp³-hybridized carbons (Fsp3) is 0.0952. The molecule has 0 unspecified atom stereocenters. The van der Waals surface area contributed by atoms with Gasteiger partial charge in [0.15, 0.2) is 0 Å². The molecule has 134 valence electrons. The molecule has 0 atom stereocenters. The zero-order valence-electron chi connectivity index (χ0n) is 15.0. The molecule has 0 spiro atoms. The van der Waals surface area contributed by atoms with Gasteiger partial charge in [0.25, 0.3) is 5.91 Å². The van der Waals surface area contributed by atoms with Gasteiger partial charge in [0.05, 0.1) is 23.7 Å². The van der Waals surface area contributed by atoms with Crippen molar-refractivity contribution in [2.75, 3.05) is 12.4 Å². The van der Waals surface area contributed by atoms with Crippen LogP contribution in [0.15, 0.2) is 67.0 Å². The summed E-state index contributed by atoms with van der Waals surface area (Å²) in [5, 5.41) is 2.91. The van der Waals surface area contributed by atoms with Crippen LogP contribution in [0.3, 0.4) is 0 Å². The predicted molar refractivity (Wildman–Crippen MR) is 105 cm³/mol. The highest BCUT2D eigenvalue weighted by molar-refractivity contribution is 6.06. The van der Waals surface area contributed by atoms with Crippen LogP contribution in [-0.4, -0.2) is 27.6 Å². The number of hydrogen-bond acceptors (Lipinski definition) is 4. The minimum Gasteiger partial charge on any atom is -0.496 e. The van der Waals surface area contributed by atoms with E-state index in [0.29, 0.717) is 17.0 Å². The maximum atomic E-state index is 12.6. The van der Waals surface area contributed by atoms with E-state index in [1.807, 2.05) is 48.0 Å². The number of carbonyl (C=O) groups is 1. The van der Waals surface area contributed by atoms with E-state index < -0.39 is 0 Å². The second kappa shape index (κ2) is 6.92. The molecule has 27 heavy (non-hydrogen) atoms. The van der Waals surface area contributed by atoms with Gasteiger partial charge in [-0.05, 0) is 42.5 Å². The summed E-state index contributed by atoms with van der Waals surface area (Å²) >= 11 is 0. The third-order valence-electron chi connectivity index (χ3n) is 4.41. The summed E-state index contributed by atoms with van der Waals surface area (Å²) in [5.41, 5.74) is 3.88. The number of benzene rings is 2. The molecule has 0 saturated heterocycles. The number of aromatic nitrogens is 3. The van der Waals surface area contributed by atoms with Gasteiger partial charge in [-0.25, -0.2) is 4.98 Å². The van der Waals surface area contributed by atoms with Crippen molar-refractivity contribution in [1.82, 2.24) is 14.5 Å². The van der Waals surface area contributed by atoms with E-state index in [-0.39, 0.29) is 5.91 Å². The number of methoxy groups -OCH3 is 1. The molecular weight excluding hydrogens is 340 g/mol. The van der Waals surface area contributed by atoms with Gasteiger partial charge in [-0.1, -0.05) is 12.1 Å². The molecule has 0 aliphatic heterocycles. The molecule has 4 aromatic rings. The van der Waals surface area contributed by atoms with Crippen LogP contribution in [-0.2, 0) is 7.05 Å². The van der Waals surface area contributed by atoms with Crippen LogP contribution in [0.1, 0.15) is 10.4 Å². The van der Waals surface area contributed by atoms with Gasteiger partial charge < -0.3 is 14.6 Å². The number of hydrogen-bond donors (Lipinski definition) is 1. The van der Waals surface area contributed by atoms with E-state index in [1.54, 1.807) is 37.7 Å². The quantitative estimate of drug-likeness (QED) is 0.601. The van der Waals surface area contributed by atoms with Crippen molar-refractivity contribution in [3.05, 3.63) is 72.6 Å². The number of fused-ring (bicyclic) bond motifs is 1. The molecule has 6 nitrogen and oxygen atoms in total. The highest BCUT2D eigenvalue weighted by atomic mass is 16.5. The molecule has 4 rings (SSSR count). The second-order valence-electron chi connectivity index (χ2n) is 6.09. The van der Waals surface area contributed by atoms with E-state index in [1.165, 1.54) is 0 Å². The van der Waals surface area contributed by atoms with Gasteiger partial charge in [0.1, 0.15) is 11.6 Å². The Morgan fingerprint density at radius 2 is 1.96 bits per heavy atom. The molecule has 0 radical (unpaired) electrons. The minimum absolute atomic E-state index is 0.227. The standard InChI is InChI=1S/C21H18N4O2/c1-25-18-10-9-15(23-21(26)16-7-3-4-8-19(16)27-2)12-17(18)24-20(25)14-6-5-11-22-13-14/h3-13H,1-2H3,(H,23,26). The first-order valence-corrected chi connectivity index (χ1v) is 8.48. The summed E-state index contributed by atoms with van der Waals surface area (Å²) in [6, 6.07) is 16.7. The number of anilines is 1. The van der Waals surface area contributed by atoms with Crippen molar-refractivity contribution in [1.29, 1.82) is 0 Å². The third-order valence-corrected chi connectivity index (χ3v) is 4.41. The lowest BCUT2D eigenvalue weighted by Gasteiger charge is -2.09. The van der Waals surface area contributed by atoms with Gasteiger partial charge in [-0.3, -0.25) is 9.78 Å². The summed E-state index contributed by atoms with van der Waals surface area (Å²) in [5.74, 6) is 1.13. The van der Waals surface area contributed by atoms with Crippen molar-refractivity contribution >= 4 is 22.6 Å². The van der Waals surface area contributed by atoms with E-state index in [9.17, 15) is 4.79 Å². The third kappa shape index (κ3) is 3.13. The zero-order valence-corrected chi connectivity index (χ0v) is 15.0. The van der Waals surface area contributed by atoms with Gasteiger partial charge >= 0.3 is 0 Å². The molecule has 2 aromatic carbocycles. The Bertz CT molecular complexity index is 1120. The molecule has 0 aliphatic carbocycles. The van der Waals surface area contributed by atoms with Crippen LogP contribution in [0.2, 0.25) is 0 Å². The Labute approximate surface area is 156 Å². The van der Waals surface area contributed by atoms with E-state index in [2.05, 4.69) is 10.3 Å². The molecular formula is C21H18N4O2. The van der Waals surface area contributed by atoms with Crippen molar-refractivity contribution in [2.45, 2.75) is 0 Å². The Morgan fingerprint density at radius 1 is 1.11 bits per heavy atom. The number of amides is 1. The molecule has 1 amide bonds. The molecule has 0 aliphatic rings. The van der Waals surface area contributed by atoms with Crippen LogP contribution in [0.5, 0.6) is 5.75 Å².